The zero-order valence-corrected chi connectivity index (χ0v) is 7.27. The predicted molar refractivity (Wildman–Crippen MR) is 44.2 cm³/mol. The quantitative estimate of drug-likeness (QED) is 0.709. The highest BCUT2D eigenvalue weighted by atomic mass is 19.1. The van der Waals surface area contributed by atoms with Crippen molar-refractivity contribution >= 4 is 0 Å². The van der Waals surface area contributed by atoms with Gasteiger partial charge in [0.1, 0.15) is 11.6 Å². The van der Waals surface area contributed by atoms with Crippen molar-refractivity contribution in [1.82, 2.24) is 0 Å². The normalized spacial score (nSPS) is 18.8. The van der Waals surface area contributed by atoms with Crippen LogP contribution in [0.15, 0.2) is 12.1 Å². The lowest BCUT2D eigenvalue weighted by Gasteiger charge is -2.11. The maximum atomic E-state index is 13.4. The van der Waals surface area contributed by atoms with E-state index >= 15 is 0 Å². The summed E-state index contributed by atoms with van der Waals surface area (Å²) in [6.07, 6.45) is 1.13. The van der Waals surface area contributed by atoms with Crippen LogP contribution in [-0.4, -0.2) is 5.11 Å². The Bertz CT molecular complexity index is 356. The molecule has 0 aliphatic heterocycles. The van der Waals surface area contributed by atoms with Gasteiger partial charge in [0, 0.05) is 11.1 Å². The minimum atomic E-state index is -1.03. The molecule has 1 nitrogen and oxygen atoms in total. The Hall–Kier alpha value is -0.960. The molecule has 0 aromatic heterocycles. The van der Waals surface area contributed by atoms with Gasteiger partial charge >= 0.3 is 0 Å². The summed E-state index contributed by atoms with van der Waals surface area (Å²) in [6, 6.07) is 2.52. The molecule has 2 rings (SSSR count). The van der Waals surface area contributed by atoms with E-state index in [-0.39, 0.29) is 11.1 Å². The fraction of sp³-hybridized carbons (Fsp3) is 0.400. The van der Waals surface area contributed by atoms with Crippen molar-refractivity contribution in [2.45, 2.75) is 25.4 Å². The minimum absolute atomic E-state index is 0.0159. The van der Waals surface area contributed by atoms with Gasteiger partial charge in [0.2, 0.25) is 0 Å². The molecule has 0 amide bonds. The number of rotatable bonds is 1. The molecule has 13 heavy (non-hydrogen) atoms. The van der Waals surface area contributed by atoms with Crippen LogP contribution in [0, 0.1) is 18.6 Å². The second kappa shape index (κ2) is 2.51. The Kier molecular flexibility index (Phi) is 1.67. The van der Waals surface area contributed by atoms with Crippen LogP contribution in [0.2, 0.25) is 0 Å². The van der Waals surface area contributed by atoms with Gasteiger partial charge in [-0.3, -0.25) is 0 Å². The summed E-state index contributed by atoms with van der Waals surface area (Å²) in [7, 11) is 0. The third-order valence-electron chi connectivity index (χ3n) is 2.55. The molecule has 70 valence electrons. The second-order valence-corrected chi connectivity index (χ2v) is 3.57. The van der Waals surface area contributed by atoms with Crippen molar-refractivity contribution in [3.05, 3.63) is 34.9 Å². The molecule has 1 aliphatic carbocycles. The van der Waals surface area contributed by atoms with Crippen LogP contribution < -0.4 is 0 Å². The standard InChI is InChI=1S/C10H10F2O/c1-6-8(11)3-2-7(9(6)12)10(13)4-5-10/h2-3,13H,4-5H2,1H3. The molecule has 0 unspecified atom stereocenters. The lowest BCUT2D eigenvalue weighted by Crippen LogP contribution is -2.09. The average Bonchev–Trinajstić information content (AvgIpc) is 2.80. The highest BCUT2D eigenvalue weighted by molar-refractivity contribution is 5.33. The zero-order valence-electron chi connectivity index (χ0n) is 7.27. The van der Waals surface area contributed by atoms with E-state index in [2.05, 4.69) is 0 Å². The van der Waals surface area contributed by atoms with Gasteiger partial charge in [0.05, 0.1) is 5.60 Å². The Morgan fingerprint density at radius 3 is 2.46 bits per heavy atom. The molecule has 0 spiro atoms. The highest BCUT2D eigenvalue weighted by Crippen LogP contribution is 2.46. The van der Waals surface area contributed by atoms with E-state index in [1.165, 1.54) is 19.1 Å². The number of hydrogen-bond acceptors (Lipinski definition) is 1. The summed E-state index contributed by atoms with van der Waals surface area (Å²) >= 11 is 0. The fourth-order valence-electron chi connectivity index (χ4n) is 1.41. The van der Waals surface area contributed by atoms with E-state index < -0.39 is 17.2 Å². The maximum Gasteiger partial charge on any atom is 0.135 e. The van der Waals surface area contributed by atoms with E-state index in [1.807, 2.05) is 0 Å². The lowest BCUT2D eigenvalue weighted by atomic mass is 10.0. The van der Waals surface area contributed by atoms with Crippen molar-refractivity contribution in [2.75, 3.05) is 0 Å². The van der Waals surface area contributed by atoms with Gasteiger partial charge in [-0.05, 0) is 25.8 Å². The third-order valence-corrected chi connectivity index (χ3v) is 2.55. The summed E-state index contributed by atoms with van der Waals surface area (Å²) in [5.41, 5.74) is -0.813. The van der Waals surface area contributed by atoms with Gasteiger partial charge in [-0.15, -0.1) is 0 Å². The predicted octanol–water partition coefficient (Wildman–Crippen LogP) is 2.25. The topological polar surface area (TPSA) is 20.2 Å². The Morgan fingerprint density at radius 2 is 1.92 bits per heavy atom. The molecule has 3 heteroatoms. The molecular formula is C10H10F2O. The van der Waals surface area contributed by atoms with Gasteiger partial charge in [-0.1, -0.05) is 6.07 Å². The molecule has 1 N–H and O–H groups in total. The molecule has 1 aliphatic rings. The van der Waals surface area contributed by atoms with Gasteiger partial charge < -0.3 is 5.11 Å². The first-order valence-electron chi connectivity index (χ1n) is 4.22. The first-order chi connectivity index (χ1) is 6.04. The molecule has 0 atom stereocenters. The first-order valence-corrected chi connectivity index (χ1v) is 4.22. The maximum absolute atomic E-state index is 13.4. The van der Waals surface area contributed by atoms with Crippen molar-refractivity contribution < 1.29 is 13.9 Å². The zero-order chi connectivity index (χ0) is 9.64. The van der Waals surface area contributed by atoms with Gasteiger partial charge in [0.25, 0.3) is 0 Å². The minimum Gasteiger partial charge on any atom is -0.385 e. The number of halogens is 2. The summed E-state index contributed by atoms with van der Waals surface area (Å²) < 4.78 is 26.2. The van der Waals surface area contributed by atoms with E-state index in [0.717, 1.165) is 0 Å². The summed E-state index contributed by atoms with van der Waals surface area (Å²) in [5.74, 6) is -1.18. The molecule has 1 fully saturated rings. The monoisotopic (exact) mass is 184 g/mol. The van der Waals surface area contributed by atoms with Crippen molar-refractivity contribution in [3.8, 4) is 0 Å². The van der Waals surface area contributed by atoms with E-state index in [4.69, 9.17) is 0 Å². The molecular weight excluding hydrogens is 174 g/mol. The molecule has 1 aromatic rings. The summed E-state index contributed by atoms with van der Waals surface area (Å²) in [5, 5.41) is 9.63. The smallest absolute Gasteiger partial charge is 0.135 e. The lowest BCUT2D eigenvalue weighted by molar-refractivity contribution is 0.146. The van der Waals surface area contributed by atoms with Crippen LogP contribution in [0.5, 0.6) is 0 Å². The highest BCUT2D eigenvalue weighted by Gasteiger charge is 2.44. The molecule has 0 radical (unpaired) electrons. The number of hydrogen-bond donors (Lipinski definition) is 1. The number of benzene rings is 1. The third kappa shape index (κ3) is 1.23. The largest absolute Gasteiger partial charge is 0.385 e. The number of aliphatic hydroxyl groups is 1. The van der Waals surface area contributed by atoms with Crippen LogP contribution in [0.3, 0.4) is 0 Å². The van der Waals surface area contributed by atoms with Gasteiger partial charge in [-0.25, -0.2) is 8.78 Å². The average molecular weight is 184 g/mol. The van der Waals surface area contributed by atoms with Crippen molar-refractivity contribution in [1.29, 1.82) is 0 Å². The van der Waals surface area contributed by atoms with Crippen LogP contribution in [-0.2, 0) is 5.60 Å². The Balaban J connectivity index is 2.54. The van der Waals surface area contributed by atoms with E-state index in [1.54, 1.807) is 0 Å². The summed E-state index contributed by atoms with van der Waals surface area (Å²) in [6.45, 7) is 1.37. The molecule has 1 saturated carbocycles. The van der Waals surface area contributed by atoms with Crippen molar-refractivity contribution in [3.63, 3.8) is 0 Å². The van der Waals surface area contributed by atoms with Gasteiger partial charge in [0.15, 0.2) is 0 Å². The van der Waals surface area contributed by atoms with Gasteiger partial charge in [-0.2, -0.15) is 0 Å². The Labute approximate surface area is 75.0 Å². The summed E-state index contributed by atoms with van der Waals surface area (Å²) in [4.78, 5) is 0. The molecule has 1 aromatic carbocycles. The molecule has 0 bridgehead atoms. The fourth-order valence-corrected chi connectivity index (χ4v) is 1.41. The van der Waals surface area contributed by atoms with Crippen LogP contribution in [0.1, 0.15) is 24.0 Å². The van der Waals surface area contributed by atoms with Crippen LogP contribution in [0.25, 0.3) is 0 Å². The molecule has 0 heterocycles. The second-order valence-electron chi connectivity index (χ2n) is 3.57. The first kappa shape index (κ1) is 8.63. The van der Waals surface area contributed by atoms with Crippen LogP contribution >= 0.6 is 0 Å². The SMILES string of the molecule is Cc1c(F)ccc(C2(O)CC2)c1F. The van der Waals surface area contributed by atoms with Crippen LogP contribution in [0.4, 0.5) is 8.78 Å². The van der Waals surface area contributed by atoms with E-state index in [0.29, 0.717) is 12.8 Å². The van der Waals surface area contributed by atoms with E-state index in [9.17, 15) is 13.9 Å². The Morgan fingerprint density at radius 1 is 1.31 bits per heavy atom. The molecule has 0 saturated heterocycles. The van der Waals surface area contributed by atoms with Crippen molar-refractivity contribution in [2.24, 2.45) is 0 Å².